The highest BCUT2D eigenvalue weighted by molar-refractivity contribution is 5.94. The second-order valence-electron chi connectivity index (χ2n) is 5.65. The summed E-state index contributed by atoms with van der Waals surface area (Å²) in [7, 11) is 1.74. The lowest BCUT2D eigenvalue weighted by molar-refractivity contribution is 0.0783. The fourth-order valence-electron chi connectivity index (χ4n) is 2.62. The number of piperidine rings is 1. The third-order valence-corrected chi connectivity index (χ3v) is 3.93. The summed E-state index contributed by atoms with van der Waals surface area (Å²) in [5.41, 5.74) is 0.989. The van der Waals surface area contributed by atoms with Crippen molar-refractivity contribution < 1.29 is 9.18 Å². The molecular weight excluding hydrogens is 255 g/mol. The smallest absolute Gasteiger partial charge is 0.256 e. The van der Waals surface area contributed by atoms with Crippen LogP contribution in [0.5, 0.6) is 0 Å². The molecule has 2 rings (SSSR count). The maximum absolute atomic E-state index is 13.8. The van der Waals surface area contributed by atoms with Gasteiger partial charge < -0.3 is 10.2 Å². The zero-order chi connectivity index (χ0) is 14.5. The molecule has 1 amide bonds. The number of hydrogen-bond donors (Lipinski definition) is 1. The van der Waals surface area contributed by atoms with Crippen molar-refractivity contribution in [3.8, 4) is 0 Å². The fourth-order valence-corrected chi connectivity index (χ4v) is 2.62. The Morgan fingerprint density at radius 1 is 1.45 bits per heavy atom. The monoisotopic (exact) mass is 278 g/mol. The molecule has 20 heavy (non-hydrogen) atoms. The average molecular weight is 278 g/mol. The Bertz CT molecular complexity index is 470. The van der Waals surface area contributed by atoms with Crippen molar-refractivity contribution in [2.45, 2.75) is 38.6 Å². The van der Waals surface area contributed by atoms with Crippen LogP contribution in [0.3, 0.4) is 0 Å². The van der Waals surface area contributed by atoms with Crippen LogP contribution in [-0.2, 0) is 0 Å². The summed E-state index contributed by atoms with van der Waals surface area (Å²) in [5.74, 6) is -0.670. The molecule has 1 aromatic carbocycles. The van der Waals surface area contributed by atoms with Gasteiger partial charge in [0.25, 0.3) is 5.91 Å². The van der Waals surface area contributed by atoms with E-state index in [-0.39, 0.29) is 11.5 Å². The molecule has 1 aliphatic heterocycles. The predicted octanol–water partition coefficient (Wildman–Crippen LogP) is 2.74. The zero-order valence-corrected chi connectivity index (χ0v) is 12.3. The Morgan fingerprint density at radius 3 is 2.90 bits per heavy atom. The largest absolute Gasteiger partial charge is 0.342 e. The molecule has 1 saturated heterocycles. The van der Waals surface area contributed by atoms with Gasteiger partial charge in [0.05, 0.1) is 5.56 Å². The number of carbonyl (C=O) groups excluding carboxylic acids is 1. The number of benzene rings is 1. The van der Waals surface area contributed by atoms with Gasteiger partial charge in [-0.1, -0.05) is 12.5 Å². The topological polar surface area (TPSA) is 32.3 Å². The molecule has 0 aliphatic carbocycles. The molecule has 1 heterocycles. The maximum Gasteiger partial charge on any atom is 0.256 e. The molecule has 110 valence electrons. The van der Waals surface area contributed by atoms with Gasteiger partial charge in [-0.2, -0.15) is 0 Å². The van der Waals surface area contributed by atoms with Crippen molar-refractivity contribution in [2.75, 3.05) is 20.1 Å². The first kappa shape index (κ1) is 15.0. The third-order valence-electron chi connectivity index (χ3n) is 3.93. The Labute approximate surface area is 120 Å². The first-order valence-electron chi connectivity index (χ1n) is 7.33. The second kappa shape index (κ2) is 6.84. The van der Waals surface area contributed by atoms with E-state index in [0.29, 0.717) is 12.6 Å². The minimum Gasteiger partial charge on any atom is -0.342 e. The van der Waals surface area contributed by atoms with Crippen molar-refractivity contribution in [2.24, 2.45) is 0 Å². The molecule has 0 radical (unpaired) electrons. The second-order valence-corrected chi connectivity index (χ2v) is 5.65. The number of aryl methyl sites for hydroxylation is 1. The molecule has 4 heteroatoms. The zero-order valence-electron chi connectivity index (χ0n) is 12.3. The molecule has 1 aliphatic rings. The van der Waals surface area contributed by atoms with Gasteiger partial charge in [0.2, 0.25) is 0 Å². The number of halogens is 1. The van der Waals surface area contributed by atoms with E-state index in [4.69, 9.17) is 0 Å². The van der Waals surface area contributed by atoms with Gasteiger partial charge in [0.15, 0.2) is 0 Å². The van der Waals surface area contributed by atoms with Gasteiger partial charge in [-0.15, -0.1) is 0 Å². The number of nitrogens with one attached hydrogen (secondary N) is 1. The molecule has 1 fully saturated rings. The first-order chi connectivity index (χ1) is 9.58. The van der Waals surface area contributed by atoms with Crippen LogP contribution < -0.4 is 5.32 Å². The molecular formula is C16H23FN2O. The normalized spacial score (nSPS) is 18.9. The summed E-state index contributed by atoms with van der Waals surface area (Å²) in [6, 6.07) is 5.24. The van der Waals surface area contributed by atoms with Crippen molar-refractivity contribution in [3.05, 3.63) is 35.1 Å². The van der Waals surface area contributed by atoms with E-state index in [0.717, 1.165) is 18.5 Å². The standard InChI is InChI=1S/C16H23FN2O/c1-12-6-7-14(15(17)11-12)16(20)19(2)10-8-13-5-3-4-9-18-13/h6-7,11,13,18H,3-5,8-10H2,1-2H3. The Balaban J connectivity index is 1.90. The molecule has 1 aromatic rings. The summed E-state index contributed by atoms with van der Waals surface area (Å²) in [4.78, 5) is 13.8. The van der Waals surface area contributed by atoms with Crippen LogP contribution in [0.1, 0.15) is 41.6 Å². The molecule has 1 N–H and O–H groups in total. The average Bonchev–Trinajstić information content (AvgIpc) is 2.45. The highest BCUT2D eigenvalue weighted by Gasteiger charge is 2.18. The quantitative estimate of drug-likeness (QED) is 0.918. The lowest BCUT2D eigenvalue weighted by Gasteiger charge is -2.26. The molecule has 0 saturated carbocycles. The maximum atomic E-state index is 13.8. The van der Waals surface area contributed by atoms with Gasteiger partial charge in [0, 0.05) is 19.6 Å². The molecule has 3 nitrogen and oxygen atoms in total. The number of nitrogens with zero attached hydrogens (tertiary/aromatic N) is 1. The number of amides is 1. The summed E-state index contributed by atoms with van der Waals surface area (Å²) >= 11 is 0. The van der Waals surface area contributed by atoms with Gasteiger partial charge in [0.1, 0.15) is 5.82 Å². The van der Waals surface area contributed by atoms with Crippen LogP contribution in [0.25, 0.3) is 0 Å². The van der Waals surface area contributed by atoms with Crippen molar-refractivity contribution in [3.63, 3.8) is 0 Å². The lowest BCUT2D eigenvalue weighted by Crippen LogP contribution is -2.38. The van der Waals surface area contributed by atoms with Gasteiger partial charge >= 0.3 is 0 Å². The Morgan fingerprint density at radius 2 is 2.25 bits per heavy atom. The minimum absolute atomic E-state index is 0.162. The van der Waals surface area contributed by atoms with Crippen molar-refractivity contribution in [1.82, 2.24) is 10.2 Å². The summed E-state index contributed by atoms with van der Waals surface area (Å²) < 4.78 is 13.8. The van der Waals surface area contributed by atoms with E-state index >= 15 is 0 Å². The van der Waals surface area contributed by atoms with Crippen LogP contribution in [0.2, 0.25) is 0 Å². The highest BCUT2D eigenvalue weighted by Crippen LogP contribution is 2.14. The number of carbonyl (C=O) groups is 1. The van der Waals surface area contributed by atoms with Crippen LogP contribution in [-0.4, -0.2) is 37.0 Å². The SMILES string of the molecule is Cc1ccc(C(=O)N(C)CCC2CCCCN2)c(F)c1. The van der Waals surface area contributed by atoms with Crippen LogP contribution in [0.15, 0.2) is 18.2 Å². The lowest BCUT2D eigenvalue weighted by atomic mass is 10.0. The van der Waals surface area contributed by atoms with E-state index < -0.39 is 5.82 Å². The molecule has 1 unspecified atom stereocenters. The van der Waals surface area contributed by atoms with Crippen LogP contribution in [0, 0.1) is 12.7 Å². The molecule has 0 aromatic heterocycles. The van der Waals surface area contributed by atoms with Crippen molar-refractivity contribution >= 4 is 5.91 Å². The van der Waals surface area contributed by atoms with Crippen LogP contribution in [0.4, 0.5) is 4.39 Å². The molecule has 1 atom stereocenters. The first-order valence-corrected chi connectivity index (χ1v) is 7.33. The molecule has 0 spiro atoms. The van der Waals surface area contributed by atoms with E-state index in [1.165, 1.54) is 25.3 Å². The fraction of sp³-hybridized carbons (Fsp3) is 0.562. The number of hydrogen-bond acceptors (Lipinski definition) is 2. The van der Waals surface area contributed by atoms with Gasteiger partial charge in [-0.25, -0.2) is 4.39 Å². The van der Waals surface area contributed by atoms with Crippen molar-refractivity contribution in [1.29, 1.82) is 0 Å². The molecule has 0 bridgehead atoms. The van der Waals surface area contributed by atoms with E-state index in [1.807, 2.05) is 6.92 Å². The van der Waals surface area contributed by atoms with Gasteiger partial charge in [-0.3, -0.25) is 4.79 Å². The van der Waals surface area contributed by atoms with E-state index in [1.54, 1.807) is 24.1 Å². The van der Waals surface area contributed by atoms with E-state index in [9.17, 15) is 9.18 Å². The third kappa shape index (κ3) is 3.79. The van der Waals surface area contributed by atoms with Crippen LogP contribution >= 0.6 is 0 Å². The summed E-state index contributed by atoms with van der Waals surface area (Å²) in [6.07, 6.45) is 4.58. The summed E-state index contributed by atoms with van der Waals surface area (Å²) in [5, 5.41) is 3.46. The van der Waals surface area contributed by atoms with E-state index in [2.05, 4.69) is 5.32 Å². The Kier molecular flexibility index (Phi) is 5.12. The predicted molar refractivity (Wildman–Crippen MR) is 78.4 cm³/mol. The number of rotatable bonds is 4. The Hall–Kier alpha value is -1.42. The highest BCUT2D eigenvalue weighted by atomic mass is 19.1. The summed E-state index contributed by atoms with van der Waals surface area (Å²) in [6.45, 7) is 3.54. The minimum atomic E-state index is -0.433. The van der Waals surface area contributed by atoms with Gasteiger partial charge in [-0.05, 0) is 50.4 Å².